The van der Waals surface area contributed by atoms with Crippen LogP contribution < -0.4 is 0 Å². The number of aliphatic imine (C=N–C) groups is 1. The highest BCUT2D eigenvalue weighted by molar-refractivity contribution is 6.63. The standard InChI is InChI=1S/C9H10BN/c1-2-9(10)11-8-6-4-3-5-7-8/h2-7H,1,10H2/b11-9-. The fourth-order valence-electron chi connectivity index (χ4n) is 0.752. The summed E-state index contributed by atoms with van der Waals surface area (Å²) in [5, 5.41) is 0. The summed E-state index contributed by atoms with van der Waals surface area (Å²) in [6.07, 6.45) is 1.74. The second kappa shape index (κ2) is 3.76. The smallest absolute Gasteiger partial charge is 0.163 e. The highest BCUT2D eigenvalue weighted by Crippen LogP contribution is 2.09. The van der Waals surface area contributed by atoms with E-state index in [0.29, 0.717) is 0 Å². The van der Waals surface area contributed by atoms with Crippen LogP contribution in [-0.2, 0) is 0 Å². The van der Waals surface area contributed by atoms with Gasteiger partial charge in [0.05, 0.1) is 5.69 Å². The van der Waals surface area contributed by atoms with Crippen LogP contribution in [0.5, 0.6) is 0 Å². The van der Waals surface area contributed by atoms with Crippen molar-refractivity contribution in [3.63, 3.8) is 0 Å². The van der Waals surface area contributed by atoms with Gasteiger partial charge in [0.15, 0.2) is 7.85 Å². The molecule has 1 rings (SSSR count). The molecule has 0 bridgehead atoms. The topological polar surface area (TPSA) is 12.4 Å². The normalized spacial score (nSPS) is 11.1. The van der Waals surface area contributed by atoms with Crippen molar-refractivity contribution >= 4 is 19.1 Å². The zero-order valence-corrected chi connectivity index (χ0v) is 6.62. The molecule has 0 aliphatic rings. The monoisotopic (exact) mass is 143 g/mol. The Morgan fingerprint density at radius 3 is 2.55 bits per heavy atom. The molecule has 2 heteroatoms. The molecule has 0 aliphatic carbocycles. The van der Waals surface area contributed by atoms with Gasteiger partial charge in [-0.15, -0.1) is 0 Å². The zero-order chi connectivity index (χ0) is 8.10. The summed E-state index contributed by atoms with van der Waals surface area (Å²) in [5.41, 5.74) is 1.92. The molecule has 0 amide bonds. The van der Waals surface area contributed by atoms with E-state index >= 15 is 0 Å². The van der Waals surface area contributed by atoms with Crippen LogP contribution in [0.1, 0.15) is 0 Å². The molecule has 0 N–H and O–H groups in total. The molecule has 0 spiro atoms. The quantitative estimate of drug-likeness (QED) is 0.439. The number of nitrogens with zero attached hydrogens (tertiary/aromatic N) is 1. The van der Waals surface area contributed by atoms with Crippen LogP contribution in [-0.4, -0.2) is 13.5 Å². The third kappa shape index (κ3) is 2.42. The molecule has 0 aliphatic heterocycles. The molecule has 1 aromatic carbocycles. The Morgan fingerprint density at radius 1 is 1.36 bits per heavy atom. The van der Waals surface area contributed by atoms with Gasteiger partial charge in [-0.25, -0.2) is 0 Å². The van der Waals surface area contributed by atoms with E-state index in [0.717, 1.165) is 11.3 Å². The van der Waals surface area contributed by atoms with E-state index in [2.05, 4.69) is 11.6 Å². The zero-order valence-electron chi connectivity index (χ0n) is 6.62. The van der Waals surface area contributed by atoms with Crippen molar-refractivity contribution in [1.82, 2.24) is 0 Å². The van der Waals surface area contributed by atoms with Crippen LogP contribution in [0.3, 0.4) is 0 Å². The van der Waals surface area contributed by atoms with Crippen LogP contribution in [0.4, 0.5) is 5.69 Å². The van der Waals surface area contributed by atoms with Crippen molar-refractivity contribution in [3.8, 4) is 0 Å². The summed E-state index contributed by atoms with van der Waals surface area (Å²) < 4.78 is 0. The number of para-hydroxylation sites is 1. The second-order valence-corrected chi connectivity index (χ2v) is 2.29. The minimum atomic E-state index is 0.941. The Bertz CT molecular complexity index is 264. The van der Waals surface area contributed by atoms with Crippen LogP contribution in [0, 0.1) is 0 Å². The van der Waals surface area contributed by atoms with Crippen LogP contribution in [0.25, 0.3) is 0 Å². The maximum absolute atomic E-state index is 4.28. The molecule has 0 heterocycles. The van der Waals surface area contributed by atoms with Gasteiger partial charge < -0.3 is 0 Å². The Hall–Kier alpha value is -1.31. The van der Waals surface area contributed by atoms with E-state index in [-0.39, 0.29) is 0 Å². The number of rotatable bonds is 2. The molecule has 0 aromatic heterocycles. The second-order valence-electron chi connectivity index (χ2n) is 2.29. The summed E-state index contributed by atoms with van der Waals surface area (Å²) in [6, 6.07) is 9.84. The summed E-state index contributed by atoms with van der Waals surface area (Å²) in [5.74, 6) is 0. The highest BCUT2D eigenvalue weighted by Gasteiger charge is 1.84. The summed E-state index contributed by atoms with van der Waals surface area (Å²) >= 11 is 0. The SMILES string of the molecule is B/C(C=C)=N\c1ccccc1. The lowest BCUT2D eigenvalue weighted by Gasteiger charge is -1.92. The first-order chi connectivity index (χ1) is 5.33. The predicted molar refractivity (Wildman–Crippen MR) is 52.3 cm³/mol. The van der Waals surface area contributed by atoms with Gasteiger partial charge in [0.1, 0.15) is 0 Å². The van der Waals surface area contributed by atoms with Gasteiger partial charge in [0.25, 0.3) is 0 Å². The molecule has 1 aromatic rings. The van der Waals surface area contributed by atoms with Crippen LogP contribution in [0.2, 0.25) is 0 Å². The molecule has 0 fully saturated rings. The number of benzene rings is 1. The van der Waals surface area contributed by atoms with Gasteiger partial charge in [0, 0.05) is 0 Å². The molecule has 0 saturated carbocycles. The van der Waals surface area contributed by atoms with Crippen molar-refractivity contribution in [2.45, 2.75) is 0 Å². The van der Waals surface area contributed by atoms with E-state index in [1.54, 1.807) is 6.08 Å². The third-order valence-electron chi connectivity index (χ3n) is 1.36. The Balaban J connectivity index is 2.87. The summed E-state index contributed by atoms with van der Waals surface area (Å²) in [4.78, 5) is 4.28. The van der Waals surface area contributed by atoms with Crippen LogP contribution in [0.15, 0.2) is 48.0 Å². The fraction of sp³-hybridized carbons (Fsp3) is 0. The van der Waals surface area contributed by atoms with Gasteiger partial charge >= 0.3 is 0 Å². The van der Waals surface area contributed by atoms with E-state index in [9.17, 15) is 0 Å². The Labute approximate surface area is 67.9 Å². The van der Waals surface area contributed by atoms with Gasteiger partial charge in [0.2, 0.25) is 0 Å². The summed E-state index contributed by atoms with van der Waals surface area (Å²) in [6.45, 7) is 3.63. The lowest BCUT2D eigenvalue weighted by Crippen LogP contribution is -1.87. The summed E-state index contributed by atoms with van der Waals surface area (Å²) in [7, 11) is 1.93. The Kier molecular flexibility index (Phi) is 2.67. The minimum absolute atomic E-state index is 0.941. The average molecular weight is 143 g/mol. The van der Waals surface area contributed by atoms with Gasteiger partial charge in [-0.05, 0) is 17.7 Å². The fourth-order valence-corrected chi connectivity index (χ4v) is 0.752. The van der Waals surface area contributed by atoms with Crippen molar-refractivity contribution in [2.75, 3.05) is 0 Å². The largest absolute Gasteiger partial charge is 0.264 e. The molecule has 11 heavy (non-hydrogen) atoms. The van der Waals surface area contributed by atoms with Gasteiger partial charge in [-0.1, -0.05) is 30.9 Å². The van der Waals surface area contributed by atoms with E-state index < -0.39 is 0 Å². The average Bonchev–Trinajstić information content (AvgIpc) is 2.06. The maximum Gasteiger partial charge on any atom is 0.163 e. The molecule has 0 unspecified atom stereocenters. The van der Waals surface area contributed by atoms with Crippen molar-refractivity contribution < 1.29 is 0 Å². The lowest BCUT2D eigenvalue weighted by molar-refractivity contribution is 1.54. The number of hydrogen-bond acceptors (Lipinski definition) is 1. The molecular formula is C9H10BN. The first-order valence-corrected chi connectivity index (χ1v) is 3.55. The van der Waals surface area contributed by atoms with Gasteiger partial charge in [-0.3, -0.25) is 4.99 Å². The first kappa shape index (κ1) is 7.80. The first-order valence-electron chi connectivity index (χ1n) is 3.55. The number of allylic oxidation sites excluding steroid dienone is 1. The maximum atomic E-state index is 4.28. The van der Waals surface area contributed by atoms with E-state index in [1.165, 1.54) is 0 Å². The molecule has 54 valence electrons. The van der Waals surface area contributed by atoms with E-state index in [4.69, 9.17) is 0 Å². The molecule has 0 radical (unpaired) electrons. The van der Waals surface area contributed by atoms with Gasteiger partial charge in [-0.2, -0.15) is 0 Å². The van der Waals surface area contributed by atoms with Crippen LogP contribution >= 0.6 is 0 Å². The number of hydrogen-bond donors (Lipinski definition) is 0. The molecule has 0 atom stereocenters. The molecule has 1 nitrogen and oxygen atoms in total. The Morgan fingerprint density at radius 2 is 2.00 bits per heavy atom. The van der Waals surface area contributed by atoms with Crippen molar-refractivity contribution in [3.05, 3.63) is 43.0 Å². The molecular weight excluding hydrogens is 133 g/mol. The lowest BCUT2D eigenvalue weighted by atomic mass is 10.0. The highest BCUT2D eigenvalue weighted by atomic mass is 14.7. The van der Waals surface area contributed by atoms with E-state index in [1.807, 2.05) is 38.2 Å². The minimum Gasteiger partial charge on any atom is -0.264 e. The predicted octanol–water partition coefficient (Wildman–Crippen LogP) is 1.54. The van der Waals surface area contributed by atoms with Crippen molar-refractivity contribution in [1.29, 1.82) is 0 Å². The third-order valence-corrected chi connectivity index (χ3v) is 1.36. The molecule has 0 saturated heterocycles. The van der Waals surface area contributed by atoms with Crippen molar-refractivity contribution in [2.24, 2.45) is 4.99 Å².